The monoisotopic (exact) mass is 464 g/mol. The zero-order chi connectivity index (χ0) is 24.2. The van der Waals surface area contributed by atoms with Gasteiger partial charge in [0.25, 0.3) is 5.91 Å². The van der Waals surface area contributed by atoms with E-state index in [1.165, 1.54) is 13.2 Å². The molecular formula is C26H29FN4O3. The third-order valence-electron chi connectivity index (χ3n) is 5.83. The van der Waals surface area contributed by atoms with Crippen molar-refractivity contribution in [2.75, 3.05) is 25.9 Å². The molecule has 178 valence electrons. The number of methoxy groups -OCH3 is 1. The molecule has 1 saturated heterocycles. The third-order valence-corrected chi connectivity index (χ3v) is 5.83. The minimum Gasteiger partial charge on any atom is -0.493 e. The molecule has 2 aromatic carbocycles. The van der Waals surface area contributed by atoms with E-state index in [1.807, 2.05) is 29.2 Å². The van der Waals surface area contributed by atoms with Crippen LogP contribution in [0.4, 0.5) is 10.2 Å². The van der Waals surface area contributed by atoms with Crippen molar-refractivity contribution in [3.8, 4) is 22.6 Å². The Morgan fingerprint density at radius 1 is 1.15 bits per heavy atom. The first-order valence-electron chi connectivity index (χ1n) is 11.2. The van der Waals surface area contributed by atoms with Crippen molar-refractivity contribution in [3.63, 3.8) is 0 Å². The van der Waals surface area contributed by atoms with Gasteiger partial charge in [0.15, 0.2) is 23.1 Å². The summed E-state index contributed by atoms with van der Waals surface area (Å²) >= 11 is 0. The van der Waals surface area contributed by atoms with Crippen LogP contribution in [-0.2, 0) is 6.61 Å². The number of halogens is 1. The highest BCUT2D eigenvalue weighted by Gasteiger charge is 2.25. The number of rotatable bonds is 6. The van der Waals surface area contributed by atoms with Gasteiger partial charge in [-0.15, -0.1) is 0 Å². The number of para-hydroxylation sites is 1. The first-order chi connectivity index (χ1) is 16.4. The second-order valence-electron chi connectivity index (χ2n) is 8.58. The molecule has 34 heavy (non-hydrogen) atoms. The zero-order valence-electron chi connectivity index (χ0n) is 19.5. The van der Waals surface area contributed by atoms with Gasteiger partial charge in [-0.2, -0.15) is 0 Å². The summed E-state index contributed by atoms with van der Waals surface area (Å²) in [6.45, 7) is 5.60. The van der Waals surface area contributed by atoms with Crippen molar-refractivity contribution in [3.05, 3.63) is 71.7 Å². The quantitative estimate of drug-likeness (QED) is 0.576. The summed E-state index contributed by atoms with van der Waals surface area (Å²) in [6.07, 6.45) is 1.65. The molecule has 2 heterocycles. The van der Waals surface area contributed by atoms with E-state index in [-0.39, 0.29) is 36.2 Å². The molecular weight excluding hydrogens is 435 g/mol. The summed E-state index contributed by atoms with van der Waals surface area (Å²) < 4.78 is 24.9. The van der Waals surface area contributed by atoms with Crippen LogP contribution in [0, 0.1) is 5.82 Å². The fourth-order valence-corrected chi connectivity index (χ4v) is 4.26. The number of anilines is 1. The van der Waals surface area contributed by atoms with Crippen molar-refractivity contribution in [2.24, 2.45) is 0 Å². The molecule has 3 N–H and O–H groups in total. The highest BCUT2D eigenvalue weighted by molar-refractivity contribution is 5.95. The van der Waals surface area contributed by atoms with Gasteiger partial charge in [0.1, 0.15) is 6.61 Å². The Hall–Kier alpha value is -3.65. The summed E-state index contributed by atoms with van der Waals surface area (Å²) in [6, 6.07) is 14.4. The van der Waals surface area contributed by atoms with Gasteiger partial charge < -0.3 is 25.4 Å². The number of ether oxygens (including phenoxy) is 2. The van der Waals surface area contributed by atoms with Gasteiger partial charge in [-0.05, 0) is 43.7 Å². The van der Waals surface area contributed by atoms with E-state index in [9.17, 15) is 9.18 Å². The van der Waals surface area contributed by atoms with E-state index < -0.39 is 5.82 Å². The molecule has 0 saturated carbocycles. The standard InChI is InChI=1S/C26H29FN4O3/c1-16-13-31(14-17(2)30-16)26(32)19-9-7-18(8-10-19)21-11-23(25(28)29-12-21)34-15-20-5-4-6-22(27)24(20)33-3/h4-12,16-17,30H,13-15H2,1-3H3,(H2,28,29). The highest BCUT2D eigenvalue weighted by atomic mass is 19.1. The van der Waals surface area contributed by atoms with E-state index in [4.69, 9.17) is 15.2 Å². The Morgan fingerprint density at radius 3 is 2.53 bits per heavy atom. The summed E-state index contributed by atoms with van der Waals surface area (Å²) in [5, 5.41) is 3.44. The summed E-state index contributed by atoms with van der Waals surface area (Å²) in [5.41, 5.74) is 8.87. The first kappa shape index (κ1) is 23.5. The van der Waals surface area contributed by atoms with Crippen LogP contribution in [0.1, 0.15) is 29.8 Å². The average molecular weight is 465 g/mol. The van der Waals surface area contributed by atoms with E-state index in [2.05, 4.69) is 24.1 Å². The number of piperazine rings is 1. The summed E-state index contributed by atoms with van der Waals surface area (Å²) in [7, 11) is 1.41. The fourth-order valence-electron chi connectivity index (χ4n) is 4.26. The number of nitrogens with zero attached hydrogens (tertiary/aromatic N) is 2. The number of pyridine rings is 1. The van der Waals surface area contributed by atoms with Gasteiger partial charge in [-0.25, -0.2) is 9.37 Å². The molecule has 0 aliphatic carbocycles. The largest absolute Gasteiger partial charge is 0.493 e. The Balaban J connectivity index is 1.49. The molecule has 0 spiro atoms. The highest BCUT2D eigenvalue weighted by Crippen LogP contribution is 2.30. The predicted molar refractivity (Wildman–Crippen MR) is 129 cm³/mol. The van der Waals surface area contributed by atoms with Crippen LogP contribution >= 0.6 is 0 Å². The number of nitrogen functional groups attached to an aromatic ring is 1. The second kappa shape index (κ2) is 10.1. The van der Waals surface area contributed by atoms with Crippen LogP contribution in [0.3, 0.4) is 0 Å². The lowest BCUT2D eigenvalue weighted by Gasteiger charge is -2.36. The van der Waals surface area contributed by atoms with Gasteiger partial charge in [0.05, 0.1) is 7.11 Å². The SMILES string of the molecule is COc1c(F)cccc1COc1cc(-c2ccc(C(=O)N3CC(C)NC(C)C3)cc2)cnc1N. The van der Waals surface area contributed by atoms with Crippen LogP contribution in [0.15, 0.2) is 54.7 Å². The van der Waals surface area contributed by atoms with Crippen LogP contribution in [-0.4, -0.2) is 48.1 Å². The molecule has 1 aliphatic heterocycles. The van der Waals surface area contributed by atoms with Crippen molar-refractivity contribution in [2.45, 2.75) is 32.5 Å². The van der Waals surface area contributed by atoms with Gasteiger partial charge in [0.2, 0.25) is 0 Å². The number of carbonyl (C=O) groups is 1. The maximum Gasteiger partial charge on any atom is 0.253 e. The summed E-state index contributed by atoms with van der Waals surface area (Å²) in [5.74, 6) is 0.317. The normalized spacial score (nSPS) is 17.9. The smallest absolute Gasteiger partial charge is 0.253 e. The number of nitrogens with two attached hydrogens (primary N) is 1. The van der Waals surface area contributed by atoms with Crippen LogP contribution in [0.2, 0.25) is 0 Å². The van der Waals surface area contributed by atoms with Crippen molar-refractivity contribution in [1.82, 2.24) is 15.2 Å². The fraction of sp³-hybridized carbons (Fsp3) is 0.308. The van der Waals surface area contributed by atoms with Crippen LogP contribution in [0.25, 0.3) is 11.1 Å². The number of hydrogen-bond donors (Lipinski definition) is 2. The summed E-state index contributed by atoms with van der Waals surface area (Å²) in [4.78, 5) is 19.1. The molecule has 7 nitrogen and oxygen atoms in total. The number of benzene rings is 2. The molecule has 4 rings (SSSR count). The van der Waals surface area contributed by atoms with Crippen molar-refractivity contribution in [1.29, 1.82) is 0 Å². The number of hydrogen-bond acceptors (Lipinski definition) is 6. The van der Waals surface area contributed by atoms with Crippen LogP contribution in [0.5, 0.6) is 11.5 Å². The van der Waals surface area contributed by atoms with E-state index in [0.717, 1.165) is 11.1 Å². The van der Waals surface area contributed by atoms with Gasteiger partial charge in [0, 0.05) is 48.1 Å². The number of carbonyl (C=O) groups excluding carboxylic acids is 1. The Labute approximate surface area is 198 Å². The van der Waals surface area contributed by atoms with Crippen LogP contribution < -0.4 is 20.5 Å². The minimum absolute atomic E-state index is 0.0234. The molecule has 1 fully saturated rings. The van der Waals surface area contributed by atoms with E-state index in [0.29, 0.717) is 30.0 Å². The lowest BCUT2D eigenvalue weighted by molar-refractivity contribution is 0.0674. The minimum atomic E-state index is -0.456. The number of amides is 1. The van der Waals surface area contributed by atoms with Gasteiger partial charge in [-0.3, -0.25) is 4.79 Å². The lowest BCUT2D eigenvalue weighted by Crippen LogP contribution is -2.55. The Kier molecular flexibility index (Phi) is 6.98. The number of aromatic nitrogens is 1. The molecule has 1 aromatic heterocycles. The lowest BCUT2D eigenvalue weighted by atomic mass is 10.0. The zero-order valence-corrected chi connectivity index (χ0v) is 19.5. The molecule has 3 aromatic rings. The maximum atomic E-state index is 13.9. The molecule has 8 heteroatoms. The van der Waals surface area contributed by atoms with Crippen molar-refractivity contribution < 1.29 is 18.7 Å². The Bertz CT molecular complexity index is 1160. The molecule has 2 atom stereocenters. The predicted octanol–water partition coefficient (Wildman–Crippen LogP) is 3.88. The van der Waals surface area contributed by atoms with E-state index >= 15 is 0 Å². The van der Waals surface area contributed by atoms with Gasteiger partial charge in [-0.1, -0.05) is 24.3 Å². The maximum absolute atomic E-state index is 13.9. The number of nitrogens with one attached hydrogen (secondary N) is 1. The molecule has 1 aliphatic rings. The second-order valence-corrected chi connectivity index (χ2v) is 8.58. The topological polar surface area (TPSA) is 89.7 Å². The third kappa shape index (κ3) is 5.12. The average Bonchev–Trinajstić information content (AvgIpc) is 2.82. The Morgan fingerprint density at radius 2 is 1.85 bits per heavy atom. The molecule has 0 bridgehead atoms. The van der Waals surface area contributed by atoms with Gasteiger partial charge >= 0.3 is 0 Å². The van der Waals surface area contributed by atoms with E-state index in [1.54, 1.807) is 24.4 Å². The molecule has 0 radical (unpaired) electrons. The molecule has 2 unspecified atom stereocenters. The first-order valence-corrected chi connectivity index (χ1v) is 11.2. The molecule has 1 amide bonds. The van der Waals surface area contributed by atoms with Crippen molar-refractivity contribution >= 4 is 11.7 Å².